The number of fused-ring (bicyclic) bond motifs is 5. The zero-order chi connectivity index (χ0) is 24.2. The lowest BCUT2D eigenvalue weighted by atomic mass is 9.44. The quantitative estimate of drug-likeness (QED) is 0.503. The third-order valence-corrected chi connectivity index (χ3v) is 12.2. The summed E-state index contributed by atoms with van der Waals surface area (Å²) in [5.74, 6) is 1.55. The van der Waals surface area contributed by atoms with Crippen molar-refractivity contribution < 1.29 is 14.9 Å². The van der Waals surface area contributed by atoms with Gasteiger partial charge in [0.1, 0.15) is 0 Å². The fourth-order valence-corrected chi connectivity index (χ4v) is 9.48. The van der Waals surface area contributed by atoms with E-state index in [0.29, 0.717) is 17.8 Å². The van der Waals surface area contributed by atoms with Gasteiger partial charge < -0.3 is 14.9 Å². The van der Waals surface area contributed by atoms with E-state index >= 15 is 0 Å². The number of aliphatic hydroxyl groups is 2. The lowest BCUT2D eigenvalue weighted by molar-refractivity contribution is -0.0912. The Bertz CT molecular complexity index is 883. The first-order chi connectivity index (χ1) is 15.2. The fourth-order valence-electron chi connectivity index (χ4n) is 9.48. The summed E-state index contributed by atoms with van der Waals surface area (Å²) in [6.07, 6.45) is 12.3. The summed E-state index contributed by atoms with van der Waals surface area (Å²) in [6, 6.07) is 0. The third kappa shape index (κ3) is 3.04. The highest BCUT2D eigenvalue weighted by Crippen LogP contribution is 2.72. The van der Waals surface area contributed by atoms with Gasteiger partial charge in [0.25, 0.3) is 0 Å². The maximum absolute atomic E-state index is 10.8. The summed E-state index contributed by atoms with van der Waals surface area (Å²) in [5, 5.41) is 21.4. The second-order valence-electron chi connectivity index (χ2n) is 14.3. The molecular formula is C30H48O3. The Hall–Kier alpha value is -0.640. The number of rotatable bonds is 2. The van der Waals surface area contributed by atoms with E-state index in [1.807, 2.05) is 13.8 Å². The summed E-state index contributed by atoms with van der Waals surface area (Å²) in [5.41, 5.74) is 3.34. The van der Waals surface area contributed by atoms with Gasteiger partial charge in [0.2, 0.25) is 0 Å². The molecule has 0 spiro atoms. The van der Waals surface area contributed by atoms with E-state index in [4.69, 9.17) is 4.74 Å². The lowest BCUT2D eigenvalue weighted by Gasteiger charge is -2.61. The van der Waals surface area contributed by atoms with Crippen molar-refractivity contribution in [2.45, 2.75) is 124 Å². The maximum Gasteiger partial charge on any atom is 0.0889 e. The van der Waals surface area contributed by atoms with Gasteiger partial charge in [0.05, 0.1) is 23.9 Å². The van der Waals surface area contributed by atoms with Crippen molar-refractivity contribution in [2.75, 3.05) is 0 Å². The minimum Gasteiger partial charge on any atom is -0.393 e. The summed E-state index contributed by atoms with van der Waals surface area (Å²) < 4.78 is 6.42. The van der Waals surface area contributed by atoms with Gasteiger partial charge in [0.15, 0.2) is 0 Å². The second-order valence-corrected chi connectivity index (χ2v) is 14.3. The SMILES string of the molecule is C[C@@H]([C@H]1CC[C@@]2(C)C3=CC[C@H]4C(C)(C)[C@@H](O)CC[C@]4(C)C3=CC[C@]12C)[C@H]1C[C@@H](O)C(C)(C)O1. The largest absolute Gasteiger partial charge is 0.393 e. The van der Waals surface area contributed by atoms with E-state index < -0.39 is 5.60 Å². The Balaban J connectivity index is 1.48. The standard InChI is InChI=1S/C30H48O3/c1-18(22-17-25(32)27(4,5)33-22)19-11-15-30(8)21-9-10-23-26(2,3)24(31)13-14-28(23,6)20(21)12-16-29(19,30)7/h9,12,18-19,22-25,31-32H,10-11,13-17H2,1-8H3/t18-,19+,22+,23-,24-,25+,28+,29+,30-/m0/s1. The van der Waals surface area contributed by atoms with Gasteiger partial charge in [-0.05, 0) is 103 Å². The third-order valence-electron chi connectivity index (χ3n) is 12.2. The summed E-state index contributed by atoms with van der Waals surface area (Å²) in [6.45, 7) is 18.6. The molecule has 1 aliphatic heterocycles. The van der Waals surface area contributed by atoms with Crippen LogP contribution in [0.25, 0.3) is 0 Å². The summed E-state index contributed by atoms with van der Waals surface area (Å²) in [4.78, 5) is 0. The van der Waals surface area contributed by atoms with Gasteiger partial charge in [-0.3, -0.25) is 0 Å². The number of allylic oxidation sites excluding steroid dienone is 4. The van der Waals surface area contributed by atoms with Crippen LogP contribution in [0.2, 0.25) is 0 Å². The van der Waals surface area contributed by atoms with Crippen LogP contribution < -0.4 is 0 Å². The van der Waals surface area contributed by atoms with Gasteiger partial charge in [-0.2, -0.15) is 0 Å². The molecule has 0 aromatic carbocycles. The van der Waals surface area contributed by atoms with Crippen molar-refractivity contribution in [3.63, 3.8) is 0 Å². The molecule has 0 aromatic rings. The molecule has 1 saturated heterocycles. The number of hydrogen-bond donors (Lipinski definition) is 2. The highest BCUT2D eigenvalue weighted by Gasteiger charge is 2.64. The Morgan fingerprint density at radius 3 is 2.24 bits per heavy atom. The molecule has 4 aliphatic carbocycles. The predicted molar refractivity (Wildman–Crippen MR) is 134 cm³/mol. The molecule has 0 radical (unpaired) electrons. The zero-order valence-electron chi connectivity index (χ0n) is 22.4. The average Bonchev–Trinajstić information content (AvgIpc) is 3.17. The fraction of sp³-hybridized carbons (Fsp3) is 0.867. The van der Waals surface area contributed by atoms with Gasteiger partial charge in [-0.1, -0.05) is 53.7 Å². The molecule has 3 nitrogen and oxygen atoms in total. The van der Waals surface area contributed by atoms with Gasteiger partial charge in [0, 0.05) is 6.42 Å². The van der Waals surface area contributed by atoms with E-state index in [1.54, 1.807) is 11.1 Å². The van der Waals surface area contributed by atoms with Crippen molar-refractivity contribution in [1.82, 2.24) is 0 Å². The molecule has 33 heavy (non-hydrogen) atoms. The summed E-state index contributed by atoms with van der Waals surface area (Å²) >= 11 is 0. The van der Waals surface area contributed by atoms with Crippen LogP contribution in [0.5, 0.6) is 0 Å². The lowest BCUT2D eigenvalue weighted by Crippen LogP contribution is -2.54. The molecular weight excluding hydrogens is 408 g/mol. The molecule has 2 saturated carbocycles. The number of hydrogen-bond acceptors (Lipinski definition) is 3. The van der Waals surface area contributed by atoms with E-state index in [9.17, 15) is 10.2 Å². The molecule has 0 amide bonds. The summed E-state index contributed by atoms with van der Waals surface area (Å²) in [7, 11) is 0. The molecule has 3 heteroatoms. The molecule has 3 fully saturated rings. The zero-order valence-corrected chi connectivity index (χ0v) is 22.4. The van der Waals surface area contributed by atoms with Crippen molar-refractivity contribution in [3.05, 3.63) is 23.3 Å². The molecule has 0 unspecified atom stereocenters. The predicted octanol–water partition coefficient (Wildman–Crippen LogP) is 6.44. The minimum absolute atomic E-state index is 0.0439. The molecule has 5 aliphatic rings. The Labute approximate surface area is 202 Å². The Morgan fingerprint density at radius 2 is 1.61 bits per heavy atom. The maximum atomic E-state index is 10.8. The van der Waals surface area contributed by atoms with Gasteiger partial charge >= 0.3 is 0 Å². The van der Waals surface area contributed by atoms with Crippen LogP contribution in [0, 0.1) is 39.4 Å². The number of ether oxygens (including phenoxy) is 1. The molecule has 0 bridgehead atoms. The first-order valence-electron chi connectivity index (χ1n) is 13.6. The Kier molecular flexibility index (Phi) is 5.25. The Morgan fingerprint density at radius 1 is 0.909 bits per heavy atom. The first kappa shape index (κ1) is 24.1. The van der Waals surface area contributed by atoms with Crippen LogP contribution >= 0.6 is 0 Å². The average molecular weight is 457 g/mol. The van der Waals surface area contributed by atoms with E-state index in [1.165, 1.54) is 12.8 Å². The molecule has 1 heterocycles. The normalized spacial score (nSPS) is 51.2. The monoisotopic (exact) mass is 456 g/mol. The van der Waals surface area contributed by atoms with Crippen molar-refractivity contribution in [3.8, 4) is 0 Å². The van der Waals surface area contributed by atoms with Crippen LogP contribution in [-0.4, -0.2) is 34.1 Å². The van der Waals surface area contributed by atoms with E-state index in [0.717, 1.165) is 32.1 Å². The van der Waals surface area contributed by atoms with Crippen molar-refractivity contribution in [2.24, 2.45) is 39.4 Å². The minimum atomic E-state index is -0.435. The smallest absolute Gasteiger partial charge is 0.0889 e. The highest BCUT2D eigenvalue weighted by molar-refractivity contribution is 5.49. The van der Waals surface area contributed by atoms with Crippen LogP contribution in [0.15, 0.2) is 23.3 Å². The molecule has 9 atom stereocenters. The topological polar surface area (TPSA) is 49.7 Å². The first-order valence-corrected chi connectivity index (χ1v) is 13.6. The number of aliphatic hydroxyl groups excluding tert-OH is 2. The van der Waals surface area contributed by atoms with Crippen LogP contribution in [0.3, 0.4) is 0 Å². The van der Waals surface area contributed by atoms with E-state index in [-0.39, 0.29) is 40.0 Å². The highest BCUT2D eigenvalue weighted by atomic mass is 16.5. The second kappa shape index (κ2) is 7.20. The van der Waals surface area contributed by atoms with Crippen LogP contribution in [-0.2, 0) is 4.74 Å². The van der Waals surface area contributed by atoms with Crippen LogP contribution in [0.4, 0.5) is 0 Å². The molecule has 2 N–H and O–H groups in total. The molecule has 5 rings (SSSR count). The van der Waals surface area contributed by atoms with Crippen LogP contribution in [0.1, 0.15) is 100 Å². The van der Waals surface area contributed by atoms with Gasteiger partial charge in [-0.15, -0.1) is 0 Å². The van der Waals surface area contributed by atoms with Crippen molar-refractivity contribution in [1.29, 1.82) is 0 Å². The molecule has 0 aromatic heterocycles. The van der Waals surface area contributed by atoms with Crippen molar-refractivity contribution >= 4 is 0 Å². The molecule has 186 valence electrons. The van der Waals surface area contributed by atoms with Gasteiger partial charge in [-0.25, -0.2) is 0 Å². The van der Waals surface area contributed by atoms with E-state index in [2.05, 4.69) is 53.7 Å².